The zero-order chi connectivity index (χ0) is 13.5. The Bertz CT molecular complexity index is 102. The van der Waals surface area contributed by atoms with Crippen LogP contribution < -0.4 is 0 Å². The molecule has 0 fully saturated rings. The monoisotopic (exact) mass is 270 g/mol. The molecule has 17 heavy (non-hydrogen) atoms. The standard InChI is InChI=1S/3C3H7.3C2H5.2Al/c3*1-3-2;3*1-2;;/h3*1,3H2,2H3;3*1H2,2H3;;. The second-order valence-corrected chi connectivity index (χ2v) is 13.0. The molecule has 0 saturated heterocycles. The molecule has 0 nitrogen and oxygen atoms in total. The van der Waals surface area contributed by atoms with Gasteiger partial charge in [-0.05, 0) is 0 Å². The van der Waals surface area contributed by atoms with E-state index in [1.54, 1.807) is 15.8 Å². The van der Waals surface area contributed by atoms with Crippen LogP contribution in [0, 0.1) is 0 Å². The molecule has 0 aliphatic carbocycles. The van der Waals surface area contributed by atoms with Gasteiger partial charge in [0, 0.05) is 0 Å². The van der Waals surface area contributed by atoms with Crippen molar-refractivity contribution in [3.8, 4) is 0 Å². The minimum atomic E-state index is -0.234. The maximum atomic E-state index is 2.32. The molecule has 0 aliphatic heterocycles. The highest BCUT2D eigenvalue weighted by Crippen LogP contribution is 2.11. The summed E-state index contributed by atoms with van der Waals surface area (Å²) in [6, 6.07) is 0. The summed E-state index contributed by atoms with van der Waals surface area (Å²) in [5.74, 6) is 0. The fourth-order valence-electron chi connectivity index (χ4n) is 2.52. The maximum Gasteiger partial charge on any atom is 0.261 e. The average molecular weight is 270 g/mol. The second kappa shape index (κ2) is 17.1. The van der Waals surface area contributed by atoms with E-state index < -0.39 is 0 Å². The molecule has 0 bridgehead atoms. The first-order valence-corrected chi connectivity index (χ1v) is 13.1. The van der Waals surface area contributed by atoms with E-state index in [-0.39, 0.29) is 28.3 Å². The van der Waals surface area contributed by atoms with E-state index in [1.807, 2.05) is 0 Å². The van der Waals surface area contributed by atoms with E-state index in [1.165, 1.54) is 35.1 Å². The van der Waals surface area contributed by atoms with Crippen LogP contribution in [0.25, 0.3) is 0 Å². The summed E-state index contributed by atoms with van der Waals surface area (Å²) in [5.41, 5.74) is 0. The van der Waals surface area contributed by atoms with E-state index in [0.717, 1.165) is 0 Å². The predicted octanol–water partition coefficient (Wildman–Crippen LogP) is 6.25. The van der Waals surface area contributed by atoms with Crippen LogP contribution >= 0.6 is 0 Å². The third-order valence-electron chi connectivity index (χ3n) is 3.82. The second-order valence-electron chi connectivity index (χ2n) is 5.32. The molecule has 0 aromatic rings. The average Bonchev–Trinajstić information content (AvgIpc) is 2.33. The Balaban J connectivity index is 0. The first-order valence-electron chi connectivity index (χ1n) is 8.19. The van der Waals surface area contributed by atoms with Crippen molar-refractivity contribution in [1.29, 1.82) is 0 Å². The number of hydrogen-bond acceptors (Lipinski definition) is 0. The Labute approximate surface area is 120 Å². The quantitative estimate of drug-likeness (QED) is 0.434. The summed E-state index contributed by atoms with van der Waals surface area (Å²) < 4.78 is 0. The molecule has 0 heterocycles. The van der Waals surface area contributed by atoms with Gasteiger partial charge in [-0.1, -0.05) is 92.5 Å². The van der Waals surface area contributed by atoms with Gasteiger partial charge in [0.25, 0.3) is 28.3 Å². The molecule has 102 valence electrons. The summed E-state index contributed by atoms with van der Waals surface area (Å²) in [5, 5.41) is 9.23. The van der Waals surface area contributed by atoms with Crippen LogP contribution in [-0.4, -0.2) is 28.3 Å². The summed E-state index contributed by atoms with van der Waals surface area (Å²) in [6.45, 7) is 13.9. The van der Waals surface area contributed by atoms with E-state index in [2.05, 4.69) is 41.5 Å². The van der Waals surface area contributed by atoms with Gasteiger partial charge in [0.05, 0.1) is 0 Å². The van der Waals surface area contributed by atoms with Gasteiger partial charge >= 0.3 is 0 Å². The lowest BCUT2D eigenvalue weighted by Gasteiger charge is -2.06. The largest absolute Gasteiger partial charge is 0.261 e. The third kappa shape index (κ3) is 15.0. The molecule has 0 aromatic carbocycles. The lowest BCUT2D eigenvalue weighted by Crippen LogP contribution is -2.09. The van der Waals surface area contributed by atoms with Crippen LogP contribution in [0.3, 0.4) is 0 Å². The van der Waals surface area contributed by atoms with Crippen LogP contribution in [-0.2, 0) is 0 Å². The number of rotatable bonds is 9. The molecule has 0 unspecified atom stereocenters. The van der Waals surface area contributed by atoms with E-state index in [4.69, 9.17) is 0 Å². The van der Waals surface area contributed by atoms with Crippen LogP contribution in [0.1, 0.15) is 60.8 Å². The van der Waals surface area contributed by atoms with Crippen molar-refractivity contribution in [1.82, 2.24) is 0 Å². The van der Waals surface area contributed by atoms with Crippen molar-refractivity contribution in [2.75, 3.05) is 0 Å². The minimum Gasteiger partial charge on any atom is -0.0967 e. The van der Waals surface area contributed by atoms with Crippen molar-refractivity contribution < 1.29 is 0 Å². The van der Waals surface area contributed by atoms with Gasteiger partial charge in [-0.25, -0.2) is 0 Å². The van der Waals surface area contributed by atoms with E-state index in [9.17, 15) is 0 Å². The molecule has 0 aromatic heterocycles. The zero-order valence-electron chi connectivity index (χ0n) is 13.5. The topological polar surface area (TPSA) is 0 Å². The first-order chi connectivity index (χ1) is 8.19. The molecule has 2 heteroatoms. The minimum absolute atomic E-state index is 0.171. The van der Waals surface area contributed by atoms with Crippen LogP contribution in [0.4, 0.5) is 0 Å². The van der Waals surface area contributed by atoms with Crippen molar-refractivity contribution in [2.45, 2.75) is 92.5 Å². The summed E-state index contributed by atoms with van der Waals surface area (Å²) >= 11 is -0.405. The molecule has 0 amide bonds. The Morgan fingerprint density at radius 2 is 0.765 bits per heavy atom. The highest BCUT2D eigenvalue weighted by atomic mass is 27.2. The highest BCUT2D eigenvalue weighted by molar-refractivity contribution is 6.58. The Morgan fingerprint density at radius 3 is 0.882 bits per heavy atom. The van der Waals surface area contributed by atoms with Crippen molar-refractivity contribution >= 4 is 28.3 Å². The van der Waals surface area contributed by atoms with Gasteiger partial charge in [0.15, 0.2) is 0 Å². The van der Waals surface area contributed by atoms with Crippen LogP contribution in [0.2, 0.25) is 31.7 Å². The van der Waals surface area contributed by atoms with Gasteiger partial charge in [-0.15, -0.1) is 0 Å². The first kappa shape index (κ1) is 20.4. The Kier molecular flexibility index (Phi) is 20.5. The Hall–Kier alpha value is 1.06. The Morgan fingerprint density at radius 1 is 0.471 bits per heavy atom. The van der Waals surface area contributed by atoms with Gasteiger partial charge < -0.3 is 0 Å². The van der Waals surface area contributed by atoms with Crippen molar-refractivity contribution in [2.24, 2.45) is 0 Å². The predicted molar refractivity (Wildman–Crippen MR) is 88.2 cm³/mol. The van der Waals surface area contributed by atoms with Crippen LogP contribution in [0.5, 0.6) is 0 Å². The molecular formula is C15H36Al2. The van der Waals surface area contributed by atoms with Gasteiger partial charge in [0.2, 0.25) is 0 Å². The fourth-order valence-corrected chi connectivity index (χ4v) is 7.57. The summed E-state index contributed by atoms with van der Waals surface area (Å²) in [6.07, 6.45) is 4.28. The molecule has 0 atom stereocenters. The van der Waals surface area contributed by atoms with Gasteiger partial charge in [0.1, 0.15) is 0 Å². The third-order valence-corrected chi connectivity index (χ3v) is 11.5. The smallest absolute Gasteiger partial charge is 0.0967 e. The van der Waals surface area contributed by atoms with Gasteiger partial charge in [-0.3, -0.25) is 0 Å². The lowest BCUT2D eigenvalue weighted by atomic mass is 10.5. The number of hydrogen-bond donors (Lipinski definition) is 0. The molecule has 0 radical (unpaired) electrons. The van der Waals surface area contributed by atoms with Gasteiger partial charge in [-0.2, -0.15) is 0 Å². The fraction of sp³-hybridized carbons (Fsp3) is 1.00. The lowest BCUT2D eigenvalue weighted by molar-refractivity contribution is 0.957. The molecule has 0 spiro atoms. The van der Waals surface area contributed by atoms with Crippen molar-refractivity contribution in [3.63, 3.8) is 0 Å². The molecule has 0 N–H and O–H groups in total. The van der Waals surface area contributed by atoms with Crippen LogP contribution in [0.15, 0.2) is 0 Å². The molecule has 0 saturated carbocycles. The molecule has 0 rings (SSSR count). The molecular weight excluding hydrogens is 234 g/mol. The molecule has 0 aliphatic rings. The maximum absolute atomic E-state index is 2.32. The summed E-state index contributed by atoms with van der Waals surface area (Å²) in [7, 11) is 0. The zero-order valence-corrected chi connectivity index (χ0v) is 15.8. The van der Waals surface area contributed by atoms with E-state index in [0.29, 0.717) is 0 Å². The highest BCUT2D eigenvalue weighted by Gasteiger charge is 2.12. The van der Waals surface area contributed by atoms with Crippen molar-refractivity contribution in [3.05, 3.63) is 0 Å². The normalized spacial score (nSPS) is 9.53. The van der Waals surface area contributed by atoms with E-state index >= 15 is 0 Å². The summed E-state index contributed by atoms with van der Waals surface area (Å²) in [4.78, 5) is 0. The SMILES string of the molecule is CC[CH2][Al]([CH2]CC)[CH2]CC.C[CH2][Al]([CH2]C)[CH2]C.